The molecule has 0 aromatic heterocycles. The van der Waals surface area contributed by atoms with Crippen LogP contribution in [0, 0.1) is 6.92 Å². The summed E-state index contributed by atoms with van der Waals surface area (Å²) in [6, 6.07) is 13.6. The van der Waals surface area contributed by atoms with Crippen LogP contribution in [0.5, 0.6) is 0 Å². The van der Waals surface area contributed by atoms with Crippen molar-refractivity contribution < 1.29 is 28.5 Å². The second-order valence-corrected chi connectivity index (χ2v) is 11.1. The number of carbonyl (C=O) groups is 2. The Labute approximate surface area is 256 Å². The molecule has 0 saturated carbocycles. The predicted molar refractivity (Wildman–Crippen MR) is 165 cm³/mol. The number of hydrogen-bond acceptors (Lipinski definition) is 7. The molecule has 1 aliphatic rings. The molecule has 2 aromatic carbocycles. The van der Waals surface area contributed by atoms with Crippen LogP contribution in [-0.4, -0.2) is 88.6 Å². The number of nitrogens with one attached hydrogen (secondary N) is 1. The summed E-state index contributed by atoms with van der Waals surface area (Å²) in [5, 5.41) is 3.65. The molecule has 0 bridgehead atoms. The van der Waals surface area contributed by atoms with E-state index in [1.165, 1.54) is 5.56 Å². The molecule has 0 spiro atoms. The van der Waals surface area contributed by atoms with E-state index in [4.69, 9.17) is 30.5 Å². The SMILES string of the molecule is CCCOCCOCCOCCNC(=O)c1ccc(CCC(=O)CC[C@H]2CN(Cc3ccc(Cl)c(C)c3)CCO2)cc1. The topological polar surface area (TPSA) is 86.3 Å². The molecular formula is C33H47ClN2O6. The average Bonchev–Trinajstić information content (AvgIpc) is 3.00. The zero-order valence-corrected chi connectivity index (χ0v) is 26.0. The Morgan fingerprint density at radius 1 is 0.952 bits per heavy atom. The molecular weight excluding hydrogens is 556 g/mol. The molecule has 0 radical (unpaired) electrons. The van der Waals surface area contributed by atoms with Crippen LogP contribution in [0.1, 0.15) is 59.7 Å². The van der Waals surface area contributed by atoms with Gasteiger partial charge in [0.15, 0.2) is 0 Å². The van der Waals surface area contributed by atoms with E-state index >= 15 is 0 Å². The Bertz CT molecular complexity index is 1080. The Morgan fingerprint density at radius 3 is 2.36 bits per heavy atom. The van der Waals surface area contributed by atoms with Gasteiger partial charge in [-0.15, -0.1) is 0 Å². The first kappa shape index (κ1) is 34.2. The Hall–Kier alpha value is -2.33. The largest absolute Gasteiger partial charge is 0.379 e. The van der Waals surface area contributed by atoms with Gasteiger partial charge in [0.25, 0.3) is 5.91 Å². The maximum absolute atomic E-state index is 12.6. The number of amides is 1. The Kier molecular flexibility index (Phi) is 16.1. The summed E-state index contributed by atoms with van der Waals surface area (Å²) < 4.78 is 22.2. The molecule has 1 amide bonds. The van der Waals surface area contributed by atoms with Crippen LogP contribution >= 0.6 is 11.6 Å². The molecule has 0 unspecified atom stereocenters. The number of ketones is 1. The van der Waals surface area contributed by atoms with E-state index in [1.54, 1.807) is 12.1 Å². The smallest absolute Gasteiger partial charge is 0.251 e. The quantitative estimate of drug-likeness (QED) is 0.213. The van der Waals surface area contributed by atoms with Crippen LogP contribution in [0.2, 0.25) is 5.02 Å². The lowest BCUT2D eigenvalue weighted by atomic mass is 10.0. The third-order valence-corrected chi connectivity index (χ3v) is 7.55. The van der Waals surface area contributed by atoms with Gasteiger partial charge >= 0.3 is 0 Å². The molecule has 8 nitrogen and oxygen atoms in total. The van der Waals surface area contributed by atoms with Gasteiger partial charge in [0, 0.05) is 56.2 Å². The maximum Gasteiger partial charge on any atom is 0.251 e. The van der Waals surface area contributed by atoms with Gasteiger partial charge in [-0.1, -0.05) is 42.8 Å². The second kappa shape index (κ2) is 19.8. The lowest BCUT2D eigenvalue weighted by Gasteiger charge is -2.33. The van der Waals surface area contributed by atoms with Gasteiger partial charge in [-0.3, -0.25) is 14.5 Å². The highest BCUT2D eigenvalue weighted by molar-refractivity contribution is 6.31. The van der Waals surface area contributed by atoms with Crippen molar-refractivity contribution in [3.63, 3.8) is 0 Å². The number of ether oxygens (including phenoxy) is 4. The second-order valence-electron chi connectivity index (χ2n) is 10.7. The minimum Gasteiger partial charge on any atom is -0.379 e. The van der Waals surface area contributed by atoms with Gasteiger partial charge < -0.3 is 24.3 Å². The maximum atomic E-state index is 12.6. The fraction of sp³-hybridized carbons (Fsp3) is 0.576. The Morgan fingerprint density at radius 2 is 1.64 bits per heavy atom. The molecule has 232 valence electrons. The van der Waals surface area contributed by atoms with Crippen LogP contribution in [0.4, 0.5) is 0 Å². The molecule has 1 aliphatic heterocycles. The summed E-state index contributed by atoms with van der Waals surface area (Å²) in [5.41, 5.74) is 3.97. The molecule has 9 heteroatoms. The monoisotopic (exact) mass is 602 g/mol. The van der Waals surface area contributed by atoms with Crippen LogP contribution in [0.25, 0.3) is 0 Å². The summed E-state index contributed by atoms with van der Waals surface area (Å²) in [4.78, 5) is 27.4. The zero-order chi connectivity index (χ0) is 30.0. The van der Waals surface area contributed by atoms with Crippen molar-refractivity contribution >= 4 is 23.3 Å². The standard InChI is InChI=1S/C33H47ClN2O6/c1-3-16-39-19-21-41-22-20-40-17-14-35-33(38)29-8-4-27(5-9-29)6-10-30(37)11-12-31-25-36(15-18-42-31)24-28-7-13-32(34)26(2)23-28/h4-5,7-9,13,23,31H,3,6,10-12,14-22,24-25H2,1-2H3,(H,35,38)/t31-/m0/s1. The van der Waals surface area contributed by atoms with Crippen molar-refractivity contribution in [3.8, 4) is 0 Å². The van der Waals surface area contributed by atoms with Gasteiger partial charge in [-0.25, -0.2) is 0 Å². The molecule has 42 heavy (non-hydrogen) atoms. The van der Waals surface area contributed by atoms with Gasteiger partial charge in [0.1, 0.15) is 5.78 Å². The minimum absolute atomic E-state index is 0.0723. The number of rotatable bonds is 20. The van der Waals surface area contributed by atoms with E-state index < -0.39 is 0 Å². The van der Waals surface area contributed by atoms with Crippen LogP contribution in [0.15, 0.2) is 42.5 Å². The highest BCUT2D eigenvalue weighted by atomic mass is 35.5. The molecule has 3 rings (SSSR count). The van der Waals surface area contributed by atoms with Crippen molar-refractivity contribution in [3.05, 3.63) is 69.7 Å². The van der Waals surface area contributed by atoms with Crippen LogP contribution in [-0.2, 0) is 36.7 Å². The van der Waals surface area contributed by atoms with Gasteiger partial charge in [-0.2, -0.15) is 0 Å². The van der Waals surface area contributed by atoms with E-state index in [9.17, 15) is 9.59 Å². The molecule has 1 saturated heterocycles. The van der Waals surface area contributed by atoms with Gasteiger partial charge in [0.2, 0.25) is 0 Å². The number of hydrogen-bond donors (Lipinski definition) is 1. The number of nitrogens with zero attached hydrogens (tertiary/aromatic N) is 1. The first-order valence-corrected chi connectivity index (χ1v) is 15.5. The molecule has 1 fully saturated rings. The summed E-state index contributed by atoms with van der Waals surface area (Å²) in [7, 11) is 0. The van der Waals surface area contributed by atoms with Crippen molar-refractivity contribution in [2.75, 3.05) is 65.9 Å². The van der Waals surface area contributed by atoms with Crippen molar-refractivity contribution in [2.45, 2.75) is 58.6 Å². The average molecular weight is 603 g/mol. The molecule has 1 N–H and O–H groups in total. The number of aryl methyl sites for hydroxylation is 2. The summed E-state index contributed by atoms with van der Waals surface area (Å²) in [5.74, 6) is 0.0966. The van der Waals surface area contributed by atoms with E-state index in [0.29, 0.717) is 71.0 Å². The van der Waals surface area contributed by atoms with Crippen molar-refractivity contribution in [1.82, 2.24) is 10.2 Å². The first-order chi connectivity index (χ1) is 20.4. The van der Waals surface area contributed by atoms with E-state index in [2.05, 4.69) is 29.3 Å². The third kappa shape index (κ3) is 13.3. The van der Waals surface area contributed by atoms with Gasteiger partial charge in [0.05, 0.1) is 45.7 Å². The molecule has 1 heterocycles. The molecule has 1 atom stereocenters. The van der Waals surface area contributed by atoms with Gasteiger partial charge in [-0.05, 0) is 61.1 Å². The fourth-order valence-electron chi connectivity index (χ4n) is 4.74. The first-order valence-electron chi connectivity index (χ1n) is 15.2. The van der Waals surface area contributed by atoms with Crippen LogP contribution < -0.4 is 5.32 Å². The van der Waals surface area contributed by atoms with Crippen LogP contribution in [0.3, 0.4) is 0 Å². The normalized spacial score (nSPS) is 15.5. The third-order valence-electron chi connectivity index (χ3n) is 7.13. The number of carbonyl (C=O) groups excluding carboxylic acids is 2. The molecule has 2 aromatic rings. The number of halogens is 1. The summed E-state index contributed by atoms with van der Waals surface area (Å²) in [6.45, 7) is 11.1. The number of Topliss-reactive ketones (excluding diaryl/α,β-unsaturated/α-hetero) is 1. The van der Waals surface area contributed by atoms with Crippen molar-refractivity contribution in [2.24, 2.45) is 0 Å². The van der Waals surface area contributed by atoms with E-state index in [0.717, 1.165) is 55.2 Å². The highest BCUT2D eigenvalue weighted by Gasteiger charge is 2.21. The summed E-state index contributed by atoms with van der Waals surface area (Å²) >= 11 is 6.16. The van der Waals surface area contributed by atoms with E-state index in [-0.39, 0.29) is 17.8 Å². The number of morpholine rings is 1. The fourth-order valence-corrected chi connectivity index (χ4v) is 4.86. The predicted octanol–water partition coefficient (Wildman–Crippen LogP) is 5.02. The zero-order valence-electron chi connectivity index (χ0n) is 25.2. The van der Waals surface area contributed by atoms with Crippen molar-refractivity contribution in [1.29, 1.82) is 0 Å². The number of benzene rings is 2. The lowest BCUT2D eigenvalue weighted by molar-refractivity contribution is -0.120. The Balaban J connectivity index is 1.25. The minimum atomic E-state index is -0.140. The lowest BCUT2D eigenvalue weighted by Crippen LogP contribution is -2.42. The molecule has 0 aliphatic carbocycles. The van der Waals surface area contributed by atoms with E-state index in [1.807, 2.05) is 25.1 Å². The highest BCUT2D eigenvalue weighted by Crippen LogP contribution is 2.19. The summed E-state index contributed by atoms with van der Waals surface area (Å²) in [6.07, 6.45) is 3.47.